The van der Waals surface area contributed by atoms with Crippen molar-refractivity contribution >= 4 is 6.29 Å². The topological polar surface area (TPSA) is 37.3 Å². The number of hydrogen-bond donors (Lipinski definition) is 1. The van der Waals surface area contributed by atoms with Crippen LogP contribution in [0.25, 0.3) is 0 Å². The zero-order chi connectivity index (χ0) is 13.2. The molecule has 0 aromatic rings. The Balaban J connectivity index is 1.94. The van der Waals surface area contributed by atoms with Crippen molar-refractivity contribution in [3.8, 4) is 0 Å². The van der Waals surface area contributed by atoms with Crippen LogP contribution in [0, 0.1) is 11.8 Å². The molecule has 2 heteroatoms. The van der Waals surface area contributed by atoms with Crippen molar-refractivity contribution in [3.05, 3.63) is 24.3 Å². The summed E-state index contributed by atoms with van der Waals surface area (Å²) in [5.74, 6) is 1.85. The Labute approximate surface area is 111 Å². The van der Waals surface area contributed by atoms with E-state index < -0.39 is 0 Å². The minimum atomic E-state index is -0.353. The summed E-state index contributed by atoms with van der Waals surface area (Å²) in [6, 6.07) is 0. The quantitative estimate of drug-likeness (QED) is 0.365. The van der Waals surface area contributed by atoms with Gasteiger partial charge in [0.2, 0.25) is 0 Å². The van der Waals surface area contributed by atoms with Crippen LogP contribution in [-0.4, -0.2) is 17.5 Å². The van der Waals surface area contributed by atoms with E-state index in [1.54, 1.807) is 13.0 Å². The molecular weight excluding hydrogens is 224 g/mol. The number of carbonyl (C=O) groups is 1. The van der Waals surface area contributed by atoms with Gasteiger partial charge in [-0.1, -0.05) is 37.1 Å². The summed E-state index contributed by atoms with van der Waals surface area (Å²) in [5, 5.41) is 9.02. The normalized spacial score (nSPS) is 24.8. The molecule has 1 rings (SSSR count). The van der Waals surface area contributed by atoms with Crippen LogP contribution in [0.3, 0.4) is 0 Å². The van der Waals surface area contributed by atoms with E-state index >= 15 is 0 Å². The van der Waals surface area contributed by atoms with Gasteiger partial charge < -0.3 is 9.90 Å². The van der Waals surface area contributed by atoms with Crippen molar-refractivity contribution in [3.63, 3.8) is 0 Å². The van der Waals surface area contributed by atoms with Crippen LogP contribution >= 0.6 is 0 Å². The number of aliphatic hydroxyl groups is 1. The number of hydrogen-bond acceptors (Lipinski definition) is 2. The first-order valence-electron chi connectivity index (χ1n) is 7.19. The molecule has 0 radical (unpaired) electrons. The molecule has 1 fully saturated rings. The molecular formula is C16H26O2. The van der Waals surface area contributed by atoms with E-state index in [1.807, 2.05) is 12.2 Å². The summed E-state index contributed by atoms with van der Waals surface area (Å²) < 4.78 is 0. The molecule has 0 spiro atoms. The Kier molecular flexibility index (Phi) is 7.66. The Morgan fingerprint density at radius 3 is 2.67 bits per heavy atom. The fraction of sp³-hybridized carbons (Fsp3) is 0.688. The van der Waals surface area contributed by atoms with Gasteiger partial charge in [-0.15, -0.1) is 0 Å². The van der Waals surface area contributed by atoms with Gasteiger partial charge in [0.15, 0.2) is 0 Å². The maximum absolute atomic E-state index is 10.2. The average Bonchev–Trinajstić information content (AvgIpc) is 3.07. The van der Waals surface area contributed by atoms with E-state index in [1.165, 1.54) is 25.7 Å². The summed E-state index contributed by atoms with van der Waals surface area (Å²) >= 11 is 0. The zero-order valence-electron chi connectivity index (χ0n) is 11.4. The van der Waals surface area contributed by atoms with Crippen molar-refractivity contribution in [1.82, 2.24) is 0 Å². The summed E-state index contributed by atoms with van der Waals surface area (Å²) in [5.41, 5.74) is 0. The van der Waals surface area contributed by atoms with Crippen molar-refractivity contribution in [1.29, 1.82) is 0 Å². The molecule has 3 atom stereocenters. The molecule has 1 aliphatic rings. The van der Waals surface area contributed by atoms with Crippen LogP contribution in [0.4, 0.5) is 0 Å². The van der Waals surface area contributed by atoms with Gasteiger partial charge in [-0.3, -0.25) is 0 Å². The van der Waals surface area contributed by atoms with Gasteiger partial charge >= 0.3 is 0 Å². The van der Waals surface area contributed by atoms with Gasteiger partial charge in [0.05, 0.1) is 6.10 Å². The third kappa shape index (κ3) is 7.44. The number of unbranched alkanes of at least 4 members (excludes halogenated alkanes) is 2. The van der Waals surface area contributed by atoms with E-state index in [4.69, 9.17) is 5.11 Å². The van der Waals surface area contributed by atoms with Gasteiger partial charge in [0.25, 0.3) is 0 Å². The molecule has 0 aromatic heterocycles. The molecule has 1 N–H and O–H groups in total. The monoisotopic (exact) mass is 250 g/mol. The predicted molar refractivity (Wildman–Crippen MR) is 75.3 cm³/mol. The smallest absolute Gasteiger partial charge is 0.119 e. The molecule has 0 amide bonds. The second-order valence-corrected chi connectivity index (χ2v) is 5.34. The third-order valence-electron chi connectivity index (χ3n) is 3.56. The van der Waals surface area contributed by atoms with Crippen LogP contribution in [-0.2, 0) is 4.79 Å². The number of carbonyl (C=O) groups excluding carboxylic acids is 1. The zero-order valence-corrected chi connectivity index (χ0v) is 11.4. The van der Waals surface area contributed by atoms with Crippen LogP contribution in [0.15, 0.2) is 24.3 Å². The molecule has 102 valence electrons. The highest BCUT2D eigenvalue weighted by Gasteiger charge is 2.34. The molecule has 0 saturated heterocycles. The van der Waals surface area contributed by atoms with E-state index in [0.717, 1.165) is 37.4 Å². The predicted octanol–water partition coefficient (Wildman–Crippen LogP) is 3.66. The molecule has 18 heavy (non-hydrogen) atoms. The van der Waals surface area contributed by atoms with Crippen LogP contribution in [0.5, 0.6) is 0 Å². The standard InChI is InChI=1S/C16H26O2/c1-14(18)9-5-2-3-6-10-15-13-16(15)11-7-4-8-12-17/h2-3,5,9,12,14-16,18H,4,6-8,10-11,13H2,1H3/b3-2+,9-5+. The summed E-state index contributed by atoms with van der Waals surface area (Å²) in [4.78, 5) is 10.2. The number of rotatable bonds is 10. The Hall–Kier alpha value is -0.890. The van der Waals surface area contributed by atoms with E-state index in [9.17, 15) is 4.79 Å². The summed E-state index contributed by atoms with van der Waals surface area (Å²) in [6.07, 6.45) is 16.7. The lowest BCUT2D eigenvalue weighted by Crippen LogP contribution is -1.90. The van der Waals surface area contributed by atoms with Crippen molar-refractivity contribution in [2.24, 2.45) is 11.8 Å². The number of aliphatic hydroxyl groups excluding tert-OH is 1. The van der Waals surface area contributed by atoms with Gasteiger partial charge in [-0.2, -0.15) is 0 Å². The SMILES string of the molecule is CC(O)/C=C/C=C/CCC1CC1CCCCC=O. The Bertz CT molecular complexity index is 279. The molecule has 0 aromatic carbocycles. The fourth-order valence-corrected chi connectivity index (χ4v) is 2.36. The van der Waals surface area contributed by atoms with Gasteiger partial charge in [-0.05, 0) is 44.4 Å². The van der Waals surface area contributed by atoms with Crippen molar-refractivity contribution in [2.75, 3.05) is 0 Å². The first-order valence-corrected chi connectivity index (χ1v) is 7.19. The van der Waals surface area contributed by atoms with Gasteiger partial charge in [0, 0.05) is 6.42 Å². The number of allylic oxidation sites excluding steroid dienone is 3. The minimum absolute atomic E-state index is 0.353. The van der Waals surface area contributed by atoms with Crippen molar-refractivity contribution in [2.45, 2.75) is 58.0 Å². The van der Waals surface area contributed by atoms with Gasteiger partial charge in [0.1, 0.15) is 6.29 Å². The molecule has 1 saturated carbocycles. The Morgan fingerprint density at radius 1 is 1.17 bits per heavy atom. The first-order chi connectivity index (χ1) is 8.74. The molecule has 1 aliphatic carbocycles. The van der Waals surface area contributed by atoms with E-state index in [-0.39, 0.29) is 6.10 Å². The summed E-state index contributed by atoms with van der Waals surface area (Å²) in [7, 11) is 0. The molecule has 0 heterocycles. The van der Waals surface area contributed by atoms with E-state index in [0.29, 0.717) is 0 Å². The highest BCUT2D eigenvalue weighted by atomic mass is 16.3. The molecule has 2 nitrogen and oxygen atoms in total. The highest BCUT2D eigenvalue weighted by Crippen LogP contribution is 2.45. The van der Waals surface area contributed by atoms with Crippen molar-refractivity contribution < 1.29 is 9.90 Å². The third-order valence-corrected chi connectivity index (χ3v) is 3.56. The second kappa shape index (κ2) is 9.09. The summed E-state index contributed by atoms with van der Waals surface area (Å²) in [6.45, 7) is 1.75. The largest absolute Gasteiger partial charge is 0.389 e. The second-order valence-electron chi connectivity index (χ2n) is 5.34. The number of aldehydes is 1. The fourth-order valence-electron chi connectivity index (χ4n) is 2.36. The average molecular weight is 250 g/mol. The lowest BCUT2D eigenvalue weighted by molar-refractivity contribution is -0.107. The highest BCUT2D eigenvalue weighted by molar-refractivity contribution is 5.48. The Morgan fingerprint density at radius 2 is 1.94 bits per heavy atom. The maximum Gasteiger partial charge on any atom is 0.119 e. The van der Waals surface area contributed by atoms with Crippen LogP contribution < -0.4 is 0 Å². The molecule has 0 aliphatic heterocycles. The molecule has 0 bridgehead atoms. The lowest BCUT2D eigenvalue weighted by Gasteiger charge is -1.97. The first kappa shape index (κ1) is 15.2. The molecule has 3 unspecified atom stereocenters. The van der Waals surface area contributed by atoms with Crippen LogP contribution in [0.1, 0.15) is 51.9 Å². The maximum atomic E-state index is 10.2. The minimum Gasteiger partial charge on any atom is -0.389 e. The lowest BCUT2D eigenvalue weighted by atomic mass is 10.1. The van der Waals surface area contributed by atoms with E-state index in [2.05, 4.69) is 6.08 Å². The van der Waals surface area contributed by atoms with Crippen LogP contribution in [0.2, 0.25) is 0 Å². The van der Waals surface area contributed by atoms with Gasteiger partial charge in [-0.25, -0.2) is 0 Å².